The molecule has 0 radical (unpaired) electrons. The predicted molar refractivity (Wildman–Crippen MR) is 84.1 cm³/mol. The molecule has 1 aromatic rings. The van der Waals surface area contributed by atoms with E-state index < -0.39 is 5.41 Å². The van der Waals surface area contributed by atoms with Gasteiger partial charge in [-0.1, -0.05) is 12.1 Å². The number of halogens is 1. The summed E-state index contributed by atoms with van der Waals surface area (Å²) in [6.45, 7) is 2.21. The lowest BCUT2D eigenvalue weighted by Gasteiger charge is -2.25. The number of carbonyl (C=O) groups excluding carboxylic acids is 2. The minimum Gasteiger partial charge on any atom is -0.338 e. The van der Waals surface area contributed by atoms with Crippen molar-refractivity contribution in [3.05, 3.63) is 35.6 Å². The molecule has 2 aliphatic heterocycles. The molecule has 5 nitrogen and oxygen atoms in total. The van der Waals surface area contributed by atoms with E-state index in [1.807, 2.05) is 6.07 Å². The van der Waals surface area contributed by atoms with E-state index in [-0.39, 0.29) is 17.8 Å². The van der Waals surface area contributed by atoms with Gasteiger partial charge in [-0.3, -0.25) is 4.79 Å². The fourth-order valence-corrected chi connectivity index (χ4v) is 3.60. The van der Waals surface area contributed by atoms with E-state index in [2.05, 4.69) is 0 Å². The predicted octanol–water partition coefficient (Wildman–Crippen LogP) is 1.93. The molecule has 2 fully saturated rings. The van der Waals surface area contributed by atoms with Crippen LogP contribution < -0.4 is 0 Å². The zero-order valence-electron chi connectivity index (χ0n) is 13.6. The SMILES string of the molecule is CN(C)C(=O)N1CC[C@@]2(CCN(Cc3cccc(F)c3)C2=O)C1. The van der Waals surface area contributed by atoms with E-state index in [1.54, 1.807) is 34.9 Å². The van der Waals surface area contributed by atoms with E-state index in [0.29, 0.717) is 32.6 Å². The van der Waals surface area contributed by atoms with Gasteiger partial charge in [0.1, 0.15) is 5.82 Å². The zero-order chi connectivity index (χ0) is 16.6. The number of hydrogen-bond acceptors (Lipinski definition) is 2. The average Bonchev–Trinajstić information content (AvgIpc) is 3.07. The Hall–Kier alpha value is -2.11. The Morgan fingerprint density at radius 3 is 2.74 bits per heavy atom. The van der Waals surface area contributed by atoms with Gasteiger partial charge in [0.05, 0.1) is 5.41 Å². The summed E-state index contributed by atoms with van der Waals surface area (Å²) in [5.41, 5.74) is 0.355. The van der Waals surface area contributed by atoms with Gasteiger partial charge in [0.15, 0.2) is 0 Å². The van der Waals surface area contributed by atoms with Crippen molar-refractivity contribution >= 4 is 11.9 Å². The molecule has 0 saturated carbocycles. The van der Waals surface area contributed by atoms with Crippen LogP contribution in [0.15, 0.2) is 24.3 Å². The molecular weight excluding hydrogens is 297 g/mol. The van der Waals surface area contributed by atoms with Gasteiger partial charge < -0.3 is 14.7 Å². The minimum atomic E-state index is -0.445. The molecule has 3 amide bonds. The molecule has 0 N–H and O–H groups in total. The molecule has 1 atom stereocenters. The number of rotatable bonds is 2. The smallest absolute Gasteiger partial charge is 0.319 e. The lowest BCUT2D eigenvalue weighted by molar-refractivity contribution is -0.135. The molecule has 2 saturated heterocycles. The Labute approximate surface area is 135 Å². The van der Waals surface area contributed by atoms with Crippen molar-refractivity contribution in [3.8, 4) is 0 Å². The van der Waals surface area contributed by atoms with Crippen molar-refractivity contribution in [1.29, 1.82) is 0 Å². The van der Waals surface area contributed by atoms with Crippen molar-refractivity contribution in [1.82, 2.24) is 14.7 Å². The Bertz CT molecular complexity index is 634. The number of urea groups is 1. The van der Waals surface area contributed by atoms with Crippen LogP contribution in [0, 0.1) is 11.2 Å². The molecule has 3 rings (SSSR count). The van der Waals surface area contributed by atoms with Crippen molar-refractivity contribution in [2.75, 3.05) is 33.7 Å². The molecule has 0 bridgehead atoms. The third-order valence-electron chi connectivity index (χ3n) is 4.87. The molecule has 23 heavy (non-hydrogen) atoms. The molecule has 1 aromatic carbocycles. The van der Waals surface area contributed by atoms with E-state index in [9.17, 15) is 14.0 Å². The molecule has 2 aliphatic rings. The highest BCUT2D eigenvalue weighted by Gasteiger charge is 2.51. The molecule has 0 unspecified atom stereocenters. The highest BCUT2D eigenvalue weighted by molar-refractivity contribution is 5.87. The second kappa shape index (κ2) is 5.83. The fourth-order valence-electron chi connectivity index (χ4n) is 3.60. The number of amides is 3. The molecule has 0 aliphatic carbocycles. The standard InChI is InChI=1S/C17H22FN3O2/c1-19(2)16(23)21-9-7-17(12-21)6-8-20(15(17)22)11-13-4-3-5-14(18)10-13/h3-5,10H,6-9,11-12H2,1-2H3/t17-/m0/s1. The maximum Gasteiger partial charge on any atom is 0.319 e. The molecule has 2 heterocycles. The lowest BCUT2D eigenvalue weighted by atomic mass is 9.85. The maximum absolute atomic E-state index is 13.3. The van der Waals surface area contributed by atoms with E-state index >= 15 is 0 Å². The number of likely N-dealkylation sites (tertiary alicyclic amines) is 2. The van der Waals surface area contributed by atoms with Crippen LogP contribution in [0.3, 0.4) is 0 Å². The summed E-state index contributed by atoms with van der Waals surface area (Å²) in [6.07, 6.45) is 1.48. The van der Waals surface area contributed by atoms with Gasteiger partial charge in [0.2, 0.25) is 5.91 Å². The van der Waals surface area contributed by atoms with E-state index in [1.165, 1.54) is 12.1 Å². The van der Waals surface area contributed by atoms with Gasteiger partial charge in [-0.15, -0.1) is 0 Å². The summed E-state index contributed by atoms with van der Waals surface area (Å²) < 4.78 is 13.3. The monoisotopic (exact) mass is 319 g/mol. The second-order valence-corrected chi connectivity index (χ2v) is 6.74. The van der Waals surface area contributed by atoms with Crippen LogP contribution in [0.4, 0.5) is 9.18 Å². The normalized spacial score (nSPS) is 23.9. The highest BCUT2D eigenvalue weighted by Crippen LogP contribution is 2.41. The van der Waals surface area contributed by atoms with E-state index in [4.69, 9.17) is 0 Å². The van der Waals surface area contributed by atoms with Crippen LogP contribution in [-0.4, -0.2) is 60.4 Å². The Morgan fingerprint density at radius 1 is 1.30 bits per heavy atom. The molecule has 0 aromatic heterocycles. The fraction of sp³-hybridized carbons (Fsp3) is 0.529. The summed E-state index contributed by atoms with van der Waals surface area (Å²) in [4.78, 5) is 30.0. The highest BCUT2D eigenvalue weighted by atomic mass is 19.1. The van der Waals surface area contributed by atoms with Crippen LogP contribution in [0.2, 0.25) is 0 Å². The maximum atomic E-state index is 13.3. The lowest BCUT2D eigenvalue weighted by Crippen LogP contribution is -2.41. The Morgan fingerprint density at radius 2 is 2.04 bits per heavy atom. The molecule has 124 valence electrons. The van der Waals surface area contributed by atoms with Crippen molar-refractivity contribution in [2.45, 2.75) is 19.4 Å². The summed E-state index contributed by atoms with van der Waals surface area (Å²) in [5.74, 6) is -0.191. The topological polar surface area (TPSA) is 43.9 Å². The third-order valence-corrected chi connectivity index (χ3v) is 4.87. The minimum absolute atomic E-state index is 0.0433. The van der Waals surface area contributed by atoms with Gasteiger partial charge in [0, 0.05) is 40.3 Å². The van der Waals surface area contributed by atoms with Gasteiger partial charge in [0.25, 0.3) is 0 Å². The number of nitrogens with zero attached hydrogens (tertiary/aromatic N) is 3. The largest absolute Gasteiger partial charge is 0.338 e. The third kappa shape index (κ3) is 2.90. The van der Waals surface area contributed by atoms with Crippen LogP contribution in [0.1, 0.15) is 18.4 Å². The second-order valence-electron chi connectivity index (χ2n) is 6.74. The van der Waals surface area contributed by atoms with Gasteiger partial charge in [-0.2, -0.15) is 0 Å². The van der Waals surface area contributed by atoms with Crippen molar-refractivity contribution in [2.24, 2.45) is 5.41 Å². The van der Waals surface area contributed by atoms with Crippen molar-refractivity contribution < 1.29 is 14.0 Å². The van der Waals surface area contributed by atoms with Gasteiger partial charge >= 0.3 is 6.03 Å². The van der Waals surface area contributed by atoms with Crippen LogP contribution in [-0.2, 0) is 11.3 Å². The Balaban J connectivity index is 1.68. The summed E-state index contributed by atoms with van der Waals surface area (Å²) in [7, 11) is 3.44. The Kier molecular flexibility index (Phi) is 4.00. The first-order valence-electron chi connectivity index (χ1n) is 7.91. The first-order valence-corrected chi connectivity index (χ1v) is 7.91. The van der Waals surface area contributed by atoms with Crippen LogP contribution in [0.5, 0.6) is 0 Å². The summed E-state index contributed by atoms with van der Waals surface area (Å²) >= 11 is 0. The quantitative estimate of drug-likeness (QED) is 0.836. The van der Waals surface area contributed by atoms with E-state index in [0.717, 1.165) is 12.0 Å². The molecule has 1 spiro atoms. The molecular formula is C17H22FN3O2. The number of carbonyl (C=O) groups is 2. The molecule has 6 heteroatoms. The summed E-state index contributed by atoms with van der Waals surface area (Å²) in [6, 6.07) is 6.32. The van der Waals surface area contributed by atoms with Gasteiger partial charge in [-0.05, 0) is 30.5 Å². The van der Waals surface area contributed by atoms with Crippen LogP contribution in [0.25, 0.3) is 0 Å². The average molecular weight is 319 g/mol. The van der Waals surface area contributed by atoms with Crippen molar-refractivity contribution in [3.63, 3.8) is 0 Å². The first-order chi connectivity index (χ1) is 10.9. The van der Waals surface area contributed by atoms with Crippen LogP contribution >= 0.6 is 0 Å². The first kappa shape index (κ1) is 15.8. The number of hydrogen-bond donors (Lipinski definition) is 0. The summed E-state index contributed by atoms with van der Waals surface area (Å²) in [5, 5.41) is 0. The van der Waals surface area contributed by atoms with Gasteiger partial charge in [-0.25, -0.2) is 9.18 Å². The zero-order valence-corrected chi connectivity index (χ0v) is 13.6. The number of benzene rings is 1.